The van der Waals surface area contributed by atoms with Crippen molar-refractivity contribution in [2.75, 3.05) is 19.7 Å². The Hall–Kier alpha value is -1.59. The number of rotatable bonds is 6. The van der Waals surface area contributed by atoms with E-state index in [0.717, 1.165) is 6.42 Å². The van der Waals surface area contributed by atoms with Gasteiger partial charge in [0.15, 0.2) is 12.4 Å². The summed E-state index contributed by atoms with van der Waals surface area (Å²) in [5, 5.41) is 0. The number of nitrogens with two attached hydrogens (primary N) is 1. The summed E-state index contributed by atoms with van der Waals surface area (Å²) in [6.45, 7) is 5.21. The number of halogens is 1. The van der Waals surface area contributed by atoms with Crippen molar-refractivity contribution in [2.24, 2.45) is 11.7 Å². The minimum absolute atomic E-state index is 0. The van der Waals surface area contributed by atoms with Gasteiger partial charge in [-0.1, -0.05) is 6.92 Å². The summed E-state index contributed by atoms with van der Waals surface area (Å²) < 4.78 is 5.53. The highest BCUT2D eigenvalue weighted by Gasteiger charge is 2.31. The summed E-state index contributed by atoms with van der Waals surface area (Å²) >= 11 is 0. The van der Waals surface area contributed by atoms with E-state index < -0.39 is 0 Å². The highest BCUT2D eigenvalue weighted by molar-refractivity contribution is 5.95. The highest BCUT2D eigenvalue weighted by Crippen LogP contribution is 2.22. The molecular weight excluding hydrogens is 316 g/mol. The standard InChI is InChI=1S/C17H24N2O3.ClH/c1-3-16(20)14-4-6-15(7-5-14)22-11-17(21)19-10-13(9-18)8-12(19)2;/h4-7,12-13H,3,8-11,18H2,1-2H3;1H. The smallest absolute Gasteiger partial charge is 0.260 e. The molecule has 1 amide bonds. The molecule has 2 atom stereocenters. The van der Waals surface area contributed by atoms with Gasteiger partial charge in [-0.3, -0.25) is 9.59 Å². The molecule has 1 aliphatic heterocycles. The summed E-state index contributed by atoms with van der Waals surface area (Å²) in [7, 11) is 0. The first-order valence-corrected chi connectivity index (χ1v) is 7.80. The fourth-order valence-corrected chi connectivity index (χ4v) is 2.83. The monoisotopic (exact) mass is 340 g/mol. The fourth-order valence-electron chi connectivity index (χ4n) is 2.83. The minimum Gasteiger partial charge on any atom is -0.484 e. The molecule has 0 aromatic heterocycles. The van der Waals surface area contributed by atoms with Crippen molar-refractivity contribution < 1.29 is 14.3 Å². The lowest BCUT2D eigenvalue weighted by molar-refractivity contribution is -0.134. The quantitative estimate of drug-likeness (QED) is 0.806. The van der Waals surface area contributed by atoms with Crippen LogP contribution in [-0.4, -0.2) is 42.3 Å². The number of carbonyl (C=O) groups is 2. The van der Waals surface area contributed by atoms with Crippen LogP contribution in [0.15, 0.2) is 24.3 Å². The van der Waals surface area contributed by atoms with Crippen molar-refractivity contribution >= 4 is 24.1 Å². The van der Waals surface area contributed by atoms with Crippen LogP contribution in [0.5, 0.6) is 5.75 Å². The van der Waals surface area contributed by atoms with E-state index in [1.165, 1.54) is 0 Å². The third kappa shape index (κ3) is 4.94. The topological polar surface area (TPSA) is 72.6 Å². The van der Waals surface area contributed by atoms with Gasteiger partial charge in [0, 0.05) is 24.6 Å². The number of likely N-dealkylation sites (tertiary alicyclic amines) is 1. The maximum Gasteiger partial charge on any atom is 0.260 e. The van der Waals surface area contributed by atoms with E-state index in [1.54, 1.807) is 24.3 Å². The molecule has 1 aromatic rings. The summed E-state index contributed by atoms with van der Waals surface area (Å²) in [6, 6.07) is 7.14. The third-order valence-corrected chi connectivity index (χ3v) is 4.17. The van der Waals surface area contributed by atoms with E-state index >= 15 is 0 Å². The van der Waals surface area contributed by atoms with Crippen molar-refractivity contribution in [1.82, 2.24) is 4.90 Å². The van der Waals surface area contributed by atoms with Crippen LogP contribution in [-0.2, 0) is 4.79 Å². The van der Waals surface area contributed by atoms with Gasteiger partial charge in [0.1, 0.15) is 5.75 Å². The molecule has 0 spiro atoms. The van der Waals surface area contributed by atoms with Crippen molar-refractivity contribution in [3.63, 3.8) is 0 Å². The Kier molecular flexibility index (Phi) is 7.52. The number of hydrogen-bond donors (Lipinski definition) is 1. The summed E-state index contributed by atoms with van der Waals surface area (Å²) in [5.74, 6) is 1.07. The number of ether oxygens (including phenoxy) is 1. The van der Waals surface area contributed by atoms with E-state index in [1.807, 2.05) is 18.7 Å². The third-order valence-electron chi connectivity index (χ3n) is 4.17. The number of amides is 1. The Morgan fingerprint density at radius 3 is 2.48 bits per heavy atom. The van der Waals surface area contributed by atoms with Crippen LogP contribution in [0.1, 0.15) is 37.0 Å². The first-order chi connectivity index (χ1) is 10.5. The Morgan fingerprint density at radius 2 is 1.96 bits per heavy atom. The normalized spacial score (nSPS) is 20.0. The lowest BCUT2D eigenvalue weighted by Gasteiger charge is -2.21. The van der Waals surface area contributed by atoms with Crippen LogP contribution in [0.25, 0.3) is 0 Å². The fraction of sp³-hybridized carbons (Fsp3) is 0.529. The second-order valence-corrected chi connectivity index (χ2v) is 5.82. The molecule has 6 heteroatoms. The predicted octanol–water partition coefficient (Wildman–Crippen LogP) is 2.28. The molecule has 1 heterocycles. The molecule has 1 aromatic carbocycles. The summed E-state index contributed by atoms with van der Waals surface area (Å²) in [5.41, 5.74) is 6.34. The largest absolute Gasteiger partial charge is 0.484 e. The molecule has 5 nitrogen and oxygen atoms in total. The SMILES string of the molecule is CCC(=O)c1ccc(OCC(=O)N2CC(CN)CC2C)cc1.Cl. The van der Waals surface area contributed by atoms with Gasteiger partial charge in [-0.15, -0.1) is 12.4 Å². The highest BCUT2D eigenvalue weighted by atomic mass is 35.5. The van der Waals surface area contributed by atoms with Gasteiger partial charge in [-0.25, -0.2) is 0 Å². The number of nitrogens with zero attached hydrogens (tertiary/aromatic N) is 1. The first kappa shape index (κ1) is 19.5. The number of carbonyl (C=O) groups excluding carboxylic acids is 2. The summed E-state index contributed by atoms with van der Waals surface area (Å²) in [6.07, 6.45) is 1.43. The van der Waals surface area contributed by atoms with Crippen molar-refractivity contribution in [3.8, 4) is 5.75 Å². The molecule has 2 unspecified atom stereocenters. The van der Waals surface area contributed by atoms with Gasteiger partial charge in [0.25, 0.3) is 5.91 Å². The lowest BCUT2D eigenvalue weighted by Crippen LogP contribution is -2.37. The molecule has 1 aliphatic rings. The van der Waals surface area contributed by atoms with Crippen LogP contribution in [0.4, 0.5) is 0 Å². The molecule has 128 valence electrons. The van der Waals surface area contributed by atoms with Crippen LogP contribution in [0.3, 0.4) is 0 Å². The summed E-state index contributed by atoms with van der Waals surface area (Å²) in [4.78, 5) is 25.6. The number of benzene rings is 1. The van der Waals surface area contributed by atoms with Gasteiger partial charge in [0.2, 0.25) is 0 Å². The van der Waals surface area contributed by atoms with Crippen LogP contribution in [0, 0.1) is 5.92 Å². The molecule has 0 saturated carbocycles. The maximum absolute atomic E-state index is 12.2. The number of ketones is 1. The minimum atomic E-state index is -0.0165. The molecule has 2 rings (SSSR count). The zero-order valence-corrected chi connectivity index (χ0v) is 14.5. The van der Waals surface area contributed by atoms with Gasteiger partial charge in [-0.2, -0.15) is 0 Å². The predicted molar refractivity (Wildman–Crippen MR) is 92.1 cm³/mol. The lowest BCUT2D eigenvalue weighted by atomic mass is 10.1. The second-order valence-electron chi connectivity index (χ2n) is 5.82. The van der Waals surface area contributed by atoms with E-state index in [-0.39, 0.29) is 36.7 Å². The molecule has 1 saturated heterocycles. The van der Waals surface area contributed by atoms with Crippen LogP contribution < -0.4 is 10.5 Å². The van der Waals surface area contributed by atoms with E-state index in [2.05, 4.69) is 0 Å². The Morgan fingerprint density at radius 1 is 1.30 bits per heavy atom. The Balaban J connectivity index is 0.00000264. The molecule has 1 fully saturated rings. The van der Waals surface area contributed by atoms with Crippen molar-refractivity contribution in [1.29, 1.82) is 0 Å². The molecule has 0 bridgehead atoms. The maximum atomic E-state index is 12.2. The van der Waals surface area contributed by atoms with Crippen molar-refractivity contribution in [2.45, 2.75) is 32.7 Å². The van der Waals surface area contributed by atoms with Gasteiger partial charge >= 0.3 is 0 Å². The Bertz CT molecular complexity index is 533. The number of hydrogen-bond acceptors (Lipinski definition) is 4. The average Bonchev–Trinajstić information content (AvgIpc) is 2.93. The van der Waals surface area contributed by atoms with Crippen LogP contribution in [0.2, 0.25) is 0 Å². The molecule has 0 aliphatic carbocycles. The average molecular weight is 341 g/mol. The molecule has 0 radical (unpaired) electrons. The van der Waals surface area contributed by atoms with Gasteiger partial charge < -0.3 is 15.4 Å². The van der Waals surface area contributed by atoms with E-state index in [4.69, 9.17) is 10.5 Å². The van der Waals surface area contributed by atoms with Gasteiger partial charge in [-0.05, 0) is 50.1 Å². The number of Topliss-reactive ketones (excluding diaryl/α,β-unsaturated/α-hetero) is 1. The zero-order chi connectivity index (χ0) is 16.1. The van der Waals surface area contributed by atoms with Crippen LogP contribution >= 0.6 is 12.4 Å². The molecular formula is C17H25ClN2O3. The van der Waals surface area contributed by atoms with Crippen molar-refractivity contribution in [3.05, 3.63) is 29.8 Å². The Labute approximate surface area is 143 Å². The zero-order valence-electron chi connectivity index (χ0n) is 13.7. The molecule has 2 N–H and O–H groups in total. The second kappa shape index (κ2) is 8.89. The first-order valence-electron chi connectivity index (χ1n) is 7.80. The van der Waals surface area contributed by atoms with Gasteiger partial charge in [0.05, 0.1) is 0 Å². The van der Waals surface area contributed by atoms with E-state index in [0.29, 0.717) is 36.7 Å². The van der Waals surface area contributed by atoms with E-state index in [9.17, 15) is 9.59 Å². The molecule has 23 heavy (non-hydrogen) atoms.